The Morgan fingerprint density at radius 3 is 2.76 bits per heavy atom. The van der Waals surface area contributed by atoms with Crippen molar-refractivity contribution in [2.24, 2.45) is 18.7 Å². The molecular weight excluding hydrogens is 232 g/mol. The molecule has 0 radical (unpaired) electrons. The number of thiocarbonyl (C=S) groups is 1. The Morgan fingerprint density at radius 2 is 2.24 bits per heavy atom. The van der Waals surface area contributed by atoms with Crippen molar-refractivity contribution in [3.63, 3.8) is 0 Å². The summed E-state index contributed by atoms with van der Waals surface area (Å²) in [5.74, 6) is 1.98. The van der Waals surface area contributed by atoms with E-state index in [-0.39, 0.29) is 0 Å². The van der Waals surface area contributed by atoms with Gasteiger partial charge in [-0.1, -0.05) is 12.2 Å². The molecule has 1 aliphatic carbocycles. The van der Waals surface area contributed by atoms with Crippen LogP contribution in [0.2, 0.25) is 0 Å². The predicted molar refractivity (Wildman–Crippen MR) is 72.3 cm³/mol. The van der Waals surface area contributed by atoms with Crippen LogP contribution in [0.3, 0.4) is 0 Å². The normalized spacial score (nSPS) is 26.8. The van der Waals surface area contributed by atoms with Gasteiger partial charge in [-0.2, -0.15) is 5.10 Å². The van der Waals surface area contributed by atoms with Gasteiger partial charge in [-0.3, -0.25) is 4.68 Å². The molecule has 0 amide bonds. The molecule has 4 nitrogen and oxygen atoms in total. The van der Waals surface area contributed by atoms with Crippen LogP contribution >= 0.6 is 12.2 Å². The van der Waals surface area contributed by atoms with E-state index in [2.05, 4.69) is 10.00 Å². The van der Waals surface area contributed by atoms with E-state index in [0.29, 0.717) is 11.0 Å². The first-order valence-electron chi connectivity index (χ1n) is 6.18. The molecule has 2 heterocycles. The number of aryl methyl sites for hydroxylation is 2. The number of hydrogen-bond acceptors (Lipinski definition) is 3. The third kappa shape index (κ3) is 1.56. The van der Waals surface area contributed by atoms with Crippen LogP contribution in [0.4, 0.5) is 5.82 Å². The lowest BCUT2D eigenvalue weighted by atomic mass is 10.1. The van der Waals surface area contributed by atoms with Crippen LogP contribution in [0.25, 0.3) is 0 Å². The van der Waals surface area contributed by atoms with Gasteiger partial charge in [-0.15, -0.1) is 0 Å². The van der Waals surface area contributed by atoms with E-state index in [1.165, 1.54) is 19.3 Å². The van der Waals surface area contributed by atoms with E-state index in [1.54, 1.807) is 0 Å². The molecule has 1 aromatic heterocycles. The number of piperidine rings is 1. The van der Waals surface area contributed by atoms with Gasteiger partial charge in [-0.25, -0.2) is 0 Å². The number of rotatable bonds is 2. The lowest BCUT2D eigenvalue weighted by molar-refractivity contribution is 0.541. The molecule has 2 fully saturated rings. The fourth-order valence-corrected chi connectivity index (χ4v) is 3.69. The molecule has 1 aliphatic heterocycles. The average Bonchev–Trinajstić information content (AvgIpc) is 2.90. The van der Waals surface area contributed by atoms with Crippen molar-refractivity contribution in [1.82, 2.24) is 9.78 Å². The van der Waals surface area contributed by atoms with Gasteiger partial charge in [-0.05, 0) is 32.1 Å². The van der Waals surface area contributed by atoms with Gasteiger partial charge < -0.3 is 10.6 Å². The minimum Gasteiger partial charge on any atom is -0.389 e. The minimum absolute atomic E-state index is 0.466. The summed E-state index contributed by atoms with van der Waals surface area (Å²) in [5.41, 5.74) is 7.76. The molecular formula is C12H18N4S. The molecule has 17 heavy (non-hydrogen) atoms. The Hall–Kier alpha value is -1.10. The lowest BCUT2D eigenvalue weighted by Crippen LogP contribution is -2.35. The van der Waals surface area contributed by atoms with E-state index in [1.807, 2.05) is 18.7 Å². The van der Waals surface area contributed by atoms with Gasteiger partial charge in [0.05, 0.1) is 11.3 Å². The molecule has 2 aliphatic rings. The quantitative estimate of drug-likeness (QED) is 0.805. The molecule has 2 unspecified atom stereocenters. The first-order chi connectivity index (χ1) is 8.08. The second kappa shape index (κ2) is 3.70. The van der Waals surface area contributed by atoms with Crippen LogP contribution in [0, 0.1) is 12.8 Å². The molecule has 2 atom stereocenters. The summed E-state index contributed by atoms with van der Waals surface area (Å²) in [5, 5.41) is 4.47. The van der Waals surface area contributed by atoms with E-state index < -0.39 is 0 Å². The van der Waals surface area contributed by atoms with Crippen LogP contribution in [0.15, 0.2) is 0 Å². The maximum absolute atomic E-state index is 5.85. The van der Waals surface area contributed by atoms with Crippen molar-refractivity contribution in [2.75, 3.05) is 11.4 Å². The average molecular weight is 250 g/mol. The van der Waals surface area contributed by atoms with Crippen LogP contribution in [0.5, 0.6) is 0 Å². The van der Waals surface area contributed by atoms with E-state index >= 15 is 0 Å². The molecule has 3 rings (SSSR count). The summed E-state index contributed by atoms with van der Waals surface area (Å²) in [6.45, 7) is 3.12. The van der Waals surface area contributed by atoms with Gasteiger partial charge in [0, 0.05) is 19.6 Å². The number of hydrogen-bond donors (Lipinski definition) is 1. The molecule has 0 aromatic carbocycles. The van der Waals surface area contributed by atoms with Gasteiger partial charge in [0.15, 0.2) is 0 Å². The second-order valence-electron chi connectivity index (χ2n) is 5.26. The van der Waals surface area contributed by atoms with Crippen LogP contribution in [-0.2, 0) is 7.05 Å². The summed E-state index contributed by atoms with van der Waals surface area (Å²) in [6, 6.07) is 0.669. The third-order valence-electron chi connectivity index (χ3n) is 4.12. The topological polar surface area (TPSA) is 47.1 Å². The number of anilines is 1. The van der Waals surface area contributed by atoms with E-state index in [4.69, 9.17) is 18.0 Å². The zero-order valence-electron chi connectivity index (χ0n) is 10.3. The Kier molecular flexibility index (Phi) is 2.40. The van der Waals surface area contributed by atoms with Gasteiger partial charge in [0.1, 0.15) is 10.8 Å². The summed E-state index contributed by atoms with van der Waals surface area (Å²) in [6.07, 6.45) is 3.99. The summed E-state index contributed by atoms with van der Waals surface area (Å²) < 4.78 is 1.94. The standard InChI is InChI=1S/C12H18N4S/c1-7-10(11(13)17)12(15(2)14-7)16-6-8-3-4-9(16)5-8/h8-9H,3-6H2,1-2H3,(H2,13,17). The Morgan fingerprint density at radius 1 is 1.47 bits per heavy atom. The number of aromatic nitrogens is 2. The molecule has 5 heteroatoms. The summed E-state index contributed by atoms with van der Waals surface area (Å²) in [7, 11) is 1.98. The minimum atomic E-state index is 0.466. The molecule has 2 bridgehead atoms. The number of nitrogens with two attached hydrogens (primary N) is 1. The monoisotopic (exact) mass is 250 g/mol. The van der Waals surface area contributed by atoms with Crippen molar-refractivity contribution in [3.05, 3.63) is 11.3 Å². The Balaban J connectivity index is 2.05. The fourth-order valence-electron chi connectivity index (χ4n) is 3.45. The maximum atomic E-state index is 5.85. The zero-order valence-corrected chi connectivity index (χ0v) is 11.1. The first-order valence-corrected chi connectivity index (χ1v) is 6.58. The molecule has 1 saturated heterocycles. The summed E-state index contributed by atoms with van der Waals surface area (Å²) in [4.78, 5) is 2.93. The van der Waals surface area contributed by atoms with Crippen LogP contribution in [-0.4, -0.2) is 27.4 Å². The largest absolute Gasteiger partial charge is 0.389 e. The SMILES string of the molecule is Cc1nn(C)c(N2CC3CCC2C3)c1C(N)=S. The third-order valence-corrected chi connectivity index (χ3v) is 4.32. The molecule has 92 valence electrons. The molecule has 1 saturated carbocycles. The predicted octanol–water partition coefficient (Wildman–Crippen LogP) is 1.35. The highest BCUT2D eigenvalue weighted by molar-refractivity contribution is 7.80. The van der Waals surface area contributed by atoms with Crippen molar-refractivity contribution < 1.29 is 0 Å². The lowest BCUT2D eigenvalue weighted by Gasteiger charge is -2.29. The Labute approximate surface area is 107 Å². The Bertz CT molecular complexity index is 479. The van der Waals surface area contributed by atoms with Crippen molar-refractivity contribution in [2.45, 2.75) is 32.2 Å². The maximum Gasteiger partial charge on any atom is 0.137 e. The van der Waals surface area contributed by atoms with Crippen LogP contribution in [0.1, 0.15) is 30.5 Å². The van der Waals surface area contributed by atoms with E-state index in [9.17, 15) is 0 Å². The van der Waals surface area contributed by atoms with Crippen molar-refractivity contribution in [1.29, 1.82) is 0 Å². The van der Waals surface area contributed by atoms with Crippen molar-refractivity contribution in [3.8, 4) is 0 Å². The highest BCUT2D eigenvalue weighted by Crippen LogP contribution is 2.41. The van der Waals surface area contributed by atoms with Crippen molar-refractivity contribution >= 4 is 23.0 Å². The second-order valence-corrected chi connectivity index (χ2v) is 5.70. The first kappa shape index (κ1) is 11.0. The van der Waals surface area contributed by atoms with Crippen LogP contribution < -0.4 is 10.6 Å². The number of fused-ring (bicyclic) bond motifs is 2. The zero-order chi connectivity index (χ0) is 12.2. The molecule has 0 spiro atoms. The number of nitrogens with zero attached hydrogens (tertiary/aromatic N) is 3. The summed E-state index contributed by atoms with van der Waals surface area (Å²) >= 11 is 5.17. The molecule has 2 N–H and O–H groups in total. The van der Waals surface area contributed by atoms with Gasteiger partial charge in [0.25, 0.3) is 0 Å². The highest BCUT2D eigenvalue weighted by atomic mass is 32.1. The fraction of sp³-hybridized carbons (Fsp3) is 0.667. The molecule has 1 aromatic rings. The van der Waals surface area contributed by atoms with Gasteiger partial charge in [0.2, 0.25) is 0 Å². The highest BCUT2D eigenvalue weighted by Gasteiger charge is 2.40. The smallest absolute Gasteiger partial charge is 0.137 e. The van der Waals surface area contributed by atoms with Gasteiger partial charge >= 0.3 is 0 Å². The van der Waals surface area contributed by atoms with E-state index in [0.717, 1.165) is 29.5 Å².